The van der Waals surface area contributed by atoms with Crippen LogP contribution in [0.15, 0.2) is 59.5 Å². The monoisotopic (exact) mass is 335 g/mol. The first-order valence-electron chi connectivity index (χ1n) is 8.65. The lowest BCUT2D eigenvalue weighted by Gasteiger charge is -2.34. The first-order chi connectivity index (χ1) is 12.2. The zero-order valence-electron chi connectivity index (χ0n) is 14.3. The SMILES string of the molecule is Cc1cnc(-c2ccccc2)n1C1CCCN(C(=O)c2ccoc2)C1. The number of nitrogens with zero attached hydrogens (tertiary/aromatic N) is 3. The Morgan fingerprint density at radius 2 is 2.08 bits per heavy atom. The molecule has 1 aliphatic rings. The normalized spacial score (nSPS) is 17.6. The lowest BCUT2D eigenvalue weighted by Crippen LogP contribution is -2.40. The molecule has 1 aromatic carbocycles. The fraction of sp³-hybridized carbons (Fsp3) is 0.300. The van der Waals surface area contributed by atoms with Crippen molar-refractivity contribution < 1.29 is 9.21 Å². The van der Waals surface area contributed by atoms with Crippen molar-refractivity contribution in [2.75, 3.05) is 13.1 Å². The number of hydrogen-bond acceptors (Lipinski definition) is 3. The van der Waals surface area contributed by atoms with Crippen LogP contribution in [0.2, 0.25) is 0 Å². The van der Waals surface area contributed by atoms with E-state index in [-0.39, 0.29) is 11.9 Å². The standard InChI is InChI=1S/C20H21N3O2/c1-15-12-21-19(16-6-3-2-4-7-16)23(15)18-8-5-10-22(13-18)20(24)17-9-11-25-14-17/h2-4,6-7,9,11-12,14,18H,5,8,10,13H2,1H3. The van der Waals surface area contributed by atoms with E-state index in [2.05, 4.69) is 28.6 Å². The van der Waals surface area contributed by atoms with Gasteiger partial charge in [0, 0.05) is 30.5 Å². The van der Waals surface area contributed by atoms with Gasteiger partial charge in [-0.15, -0.1) is 0 Å². The maximum Gasteiger partial charge on any atom is 0.257 e. The van der Waals surface area contributed by atoms with Crippen LogP contribution in [0, 0.1) is 6.92 Å². The molecule has 0 aliphatic carbocycles. The van der Waals surface area contributed by atoms with E-state index >= 15 is 0 Å². The van der Waals surface area contributed by atoms with Crippen molar-refractivity contribution in [1.29, 1.82) is 0 Å². The van der Waals surface area contributed by atoms with Crippen molar-refractivity contribution in [1.82, 2.24) is 14.5 Å². The average molecular weight is 335 g/mol. The fourth-order valence-corrected chi connectivity index (χ4v) is 3.63. The molecule has 1 aliphatic heterocycles. The molecule has 0 N–H and O–H groups in total. The van der Waals surface area contributed by atoms with Crippen LogP contribution < -0.4 is 0 Å². The molecule has 1 unspecified atom stereocenters. The molecule has 0 spiro atoms. The molecular formula is C20H21N3O2. The molecule has 1 fully saturated rings. The van der Waals surface area contributed by atoms with Gasteiger partial charge in [0.1, 0.15) is 12.1 Å². The van der Waals surface area contributed by atoms with Gasteiger partial charge < -0.3 is 13.9 Å². The summed E-state index contributed by atoms with van der Waals surface area (Å²) < 4.78 is 7.34. The summed E-state index contributed by atoms with van der Waals surface area (Å²) >= 11 is 0. The fourth-order valence-electron chi connectivity index (χ4n) is 3.63. The molecule has 4 rings (SSSR count). The second-order valence-electron chi connectivity index (χ2n) is 6.52. The highest BCUT2D eigenvalue weighted by Gasteiger charge is 2.28. The third-order valence-electron chi connectivity index (χ3n) is 4.83. The molecule has 1 atom stereocenters. The number of furan rings is 1. The molecular weight excluding hydrogens is 314 g/mol. The van der Waals surface area contributed by atoms with Crippen LogP contribution in [0.25, 0.3) is 11.4 Å². The summed E-state index contributed by atoms with van der Waals surface area (Å²) in [4.78, 5) is 19.2. The molecule has 5 nitrogen and oxygen atoms in total. The Kier molecular flexibility index (Phi) is 4.14. The molecule has 128 valence electrons. The minimum absolute atomic E-state index is 0.0393. The maximum absolute atomic E-state index is 12.7. The molecule has 1 amide bonds. The van der Waals surface area contributed by atoms with Crippen molar-refractivity contribution in [3.63, 3.8) is 0 Å². The quantitative estimate of drug-likeness (QED) is 0.729. The van der Waals surface area contributed by atoms with E-state index in [1.54, 1.807) is 12.3 Å². The summed E-state index contributed by atoms with van der Waals surface area (Å²) in [6, 6.07) is 12.2. The van der Waals surface area contributed by atoms with Crippen LogP contribution in [-0.4, -0.2) is 33.4 Å². The molecule has 5 heteroatoms. The zero-order valence-corrected chi connectivity index (χ0v) is 14.3. The third kappa shape index (κ3) is 2.97. The lowest BCUT2D eigenvalue weighted by atomic mass is 10.0. The summed E-state index contributed by atoms with van der Waals surface area (Å²) in [5, 5.41) is 0. The van der Waals surface area contributed by atoms with Gasteiger partial charge in [-0.3, -0.25) is 4.79 Å². The number of imidazole rings is 1. The molecule has 1 saturated heterocycles. The Morgan fingerprint density at radius 1 is 1.24 bits per heavy atom. The second kappa shape index (κ2) is 6.59. The van der Waals surface area contributed by atoms with Gasteiger partial charge in [0.2, 0.25) is 0 Å². The molecule has 25 heavy (non-hydrogen) atoms. The highest BCUT2D eigenvalue weighted by atomic mass is 16.3. The van der Waals surface area contributed by atoms with Gasteiger partial charge >= 0.3 is 0 Å². The number of amides is 1. The Balaban J connectivity index is 1.62. The summed E-state index contributed by atoms with van der Waals surface area (Å²) in [5.41, 5.74) is 2.85. The Hall–Kier alpha value is -2.82. The molecule has 3 aromatic rings. The maximum atomic E-state index is 12.7. The van der Waals surface area contributed by atoms with Crippen molar-refractivity contribution in [3.8, 4) is 11.4 Å². The highest BCUT2D eigenvalue weighted by molar-refractivity contribution is 5.93. The van der Waals surface area contributed by atoms with Gasteiger partial charge in [-0.2, -0.15) is 0 Å². The lowest BCUT2D eigenvalue weighted by molar-refractivity contribution is 0.0678. The topological polar surface area (TPSA) is 51.3 Å². The van der Waals surface area contributed by atoms with E-state index in [0.717, 1.165) is 36.5 Å². The predicted octanol–water partition coefficient (Wildman–Crippen LogP) is 3.93. The Bertz CT molecular complexity index is 852. The molecule has 0 radical (unpaired) electrons. The van der Waals surface area contributed by atoms with E-state index in [9.17, 15) is 4.79 Å². The minimum atomic E-state index is 0.0393. The average Bonchev–Trinajstić information content (AvgIpc) is 3.32. The molecule has 0 saturated carbocycles. The number of piperidine rings is 1. The van der Waals surface area contributed by atoms with Gasteiger partial charge in [0.15, 0.2) is 0 Å². The summed E-state index contributed by atoms with van der Waals surface area (Å²) in [5.74, 6) is 1.01. The number of carbonyl (C=O) groups excluding carboxylic acids is 1. The van der Waals surface area contributed by atoms with Crippen LogP contribution in [-0.2, 0) is 0 Å². The van der Waals surface area contributed by atoms with Gasteiger partial charge in [-0.05, 0) is 25.8 Å². The summed E-state index contributed by atoms with van der Waals surface area (Å²) in [7, 11) is 0. The highest BCUT2D eigenvalue weighted by Crippen LogP contribution is 2.29. The zero-order chi connectivity index (χ0) is 17.2. The summed E-state index contributed by atoms with van der Waals surface area (Å²) in [6.45, 7) is 3.56. The molecule has 0 bridgehead atoms. The first-order valence-corrected chi connectivity index (χ1v) is 8.65. The van der Waals surface area contributed by atoms with Crippen LogP contribution in [0.1, 0.15) is 34.9 Å². The van der Waals surface area contributed by atoms with E-state index in [1.165, 1.54) is 6.26 Å². The number of aromatic nitrogens is 2. The van der Waals surface area contributed by atoms with Crippen LogP contribution >= 0.6 is 0 Å². The van der Waals surface area contributed by atoms with Crippen molar-refractivity contribution >= 4 is 5.91 Å². The third-order valence-corrected chi connectivity index (χ3v) is 4.83. The van der Waals surface area contributed by atoms with Crippen molar-refractivity contribution in [3.05, 3.63) is 66.4 Å². The van der Waals surface area contributed by atoms with E-state index < -0.39 is 0 Å². The van der Waals surface area contributed by atoms with E-state index in [1.807, 2.05) is 29.3 Å². The first kappa shape index (κ1) is 15.7. The van der Waals surface area contributed by atoms with Crippen molar-refractivity contribution in [2.45, 2.75) is 25.8 Å². The van der Waals surface area contributed by atoms with Crippen LogP contribution in [0.4, 0.5) is 0 Å². The van der Waals surface area contributed by atoms with Gasteiger partial charge in [-0.25, -0.2) is 4.98 Å². The van der Waals surface area contributed by atoms with Crippen LogP contribution in [0.5, 0.6) is 0 Å². The van der Waals surface area contributed by atoms with Gasteiger partial charge in [0.05, 0.1) is 17.9 Å². The van der Waals surface area contributed by atoms with Crippen LogP contribution in [0.3, 0.4) is 0 Å². The Morgan fingerprint density at radius 3 is 2.84 bits per heavy atom. The number of aryl methyl sites for hydroxylation is 1. The number of hydrogen-bond donors (Lipinski definition) is 0. The van der Waals surface area contributed by atoms with E-state index in [0.29, 0.717) is 12.1 Å². The number of carbonyl (C=O) groups is 1. The molecule has 2 aromatic heterocycles. The van der Waals surface area contributed by atoms with Gasteiger partial charge in [-0.1, -0.05) is 30.3 Å². The summed E-state index contributed by atoms with van der Waals surface area (Å²) in [6.07, 6.45) is 7.01. The predicted molar refractivity (Wildman–Crippen MR) is 95.3 cm³/mol. The van der Waals surface area contributed by atoms with Gasteiger partial charge in [0.25, 0.3) is 5.91 Å². The molecule has 3 heterocycles. The largest absolute Gasteiger partial charge is 0.472 e. The Labute approximate surface area is 146 Å². The number of rotatable bonds is 3. The van der Waals surface area contributed by atoms with Crippen molar-refractivity contribution in [2.24, 2.45) is 0 Å². The number of benzene rings is 1. The number of likely N-dealkylation sites (tertiary alicyclic amines) is 1. The van der Waals surface area contributed by atoms with E-state index in [4.69, 9.17) is 4.42 Å². The second-order valence-corrected chi connectivity index (χ2v) is 6.52. The minimum Gasteiger partial charge on any atom is -0.472 e. The smallest absolute Gasteiger partial charge is 0.257 e.